The predicted octanol–water partition coefficient (Wildman–Crippen LogP) is 3.13. The van der Waals surface area contributed by atoms with E-state index in [-0.39, 0.29) is 5.92 Å². The van der Waals surface area contributed by atoms with Crippen molar-refractivity contribution in [1.82, 2.24) is 9.97 Å². The molecule has 0 saturated carbocycles. The van der Waals surface area contributed by atoms with Crippen LogP contribution in [0.2, 0.25) is 0 Å². The van der Waals surface area contributed by atoms with E-state index in [4.69, 9.17) is 11.0 Å². The third-order valence-electron chi connectivity index (χ3n) is 3.37. The maximum atomic E-state index is 9.02. The molecule has 21 heavy (non-hydrogen) atoms. The van der Waals surface area contributed by atoms with E-state index in [0.717, 1.165) is 22.9 Å². The van der Waals surface area contributed by atoms with E-state index in [1.54, 1.807) is 6.07 Å². The average Bonchev–Trinajstić information content (AvgIpc) is 2.49. The van der Waals surface area contributed by atoms with Crippen molar-refractivity contribution in [2.24, 2.45) is 0 Å². The first-order valence-corrected chi connectivity index (χ1v) is 6.82. The lowest BCUT2D eigenvalue weighted by Gasteiger charge is -2.22. The molecule has 2 aromatic rings. The highest BCUT2D eigenvalue weighted by molar-refractivity contribution is 5.67. The fraction of sp³-hybridized carbons (Fsp3) is 0.312. The summed E-state index contributed by atoms with van der Waals surface area (Å²) in [4.78, 5) is 10.9. The van der Waals surface area contributed by atoms with Gasteiger partial charge in [-0.2, -0.15) is 5.26 Å². The van der Waals surface area contributed by atoms with Crippen molar-refractivity contribution in [3.8, 4) is 6.07 Å². The van der Waals surface area contributed by atoms with Crippen LogP contribution < -0.4 is 10.6 Å². The quantitative estimate of drug-likeness (QED) is 0.935. The zero-order valence-corrected chi connectivity index (χ0v) is 12.8. The summed E-state index contributed by atoms with van der Waals surface area (Å²) in [6.07, 6.45) is 0. The fourth-order valence-corrected chi connectivity index (χ4v) is 2.03. The lowest BCUT2D eigenvalue weighted by Crippen LogP contribution is -2.16. The molecule has 2 N–H and O–H groups in total. The minimum absolute atomic E-state index is 0.200. The van der Waals surface area contributed by atoms with Gasteiger partial charge in [0.25, 0.3) is 0 Å². The Morgan fingerprint density at radius 3 is 2.62 bits per heavy atom. The standard InChI is InChI=1S/C16H19N5/c1-10(2)15-19-14(18)11(3)16(20-15)21(4)13-7-5-6-12(8-13)9-17/h5-8,10H,1-4H3,(H2,18,19,20). The van der Waals surface area contributed by atoms with E-state index in [1.165, 1.54) is 0 Å². The largest absolute Gasteiger partial charge is 0.383 e. The molecule has 1 aromatic carbocycles. The molecule has 0 fully saturated rings. The van der Waals surface area contributed by atoms with E-state index < -0.39 is 0 Å². The molecule has 0 saturated heterocycles. The number of aromatic nitrogens is 2. The van der Waals surface area contributed by atoms with Crippen LogP contribution in [0.5, 0.6) is 0 Å². The third kappa shape index (κ3) is 2.95. The number of anilines is 3. The van der Waals surface area contributed by atoms with Crippen molar-refractivity contribution < 1.29 is 0 Å². The van der Waals surface area contributed by atoms with Gasteiger partial charge in [0, 0.05) is 24.2 Å². The molecule has 0 aliphatic heterocycles. The molecule has 2 rings (SSSR count). The summed E-state index contributed by atoms with van der Waals surface area (Å²) in [7, 11) is 1.91. The van der Waals surface area contributed by atoms with Crippen LogP contribution in [0.4, 0.5) is 17.3 Å². The summed E-state index contributed by atoms with van der Waals surface area (Å²) in [5, 5.41) is 9.02. The second kappa shape index (κ2) is 5.80. The highest BCUT2D eigenvalue weighted by atomic mass is 15.2. The van der Waals surface area contributed by atoms with Crippen LogP contribution >= 0.6 is 0 Å². The summed E-state index contributed by atoms with van der Waals surface area (Å²) < 4.78 is 0. The minimum Gasteiger partial charge on any atom is -0.383 e. The first-order chi connectivity index (χ1) is 9.93. The number of rotatable bonds is 3. The number of nitrogen functional groups attached to an aromatic ring is 1. The molecule has 0 unspecified atom stereocenters. The van der Waals surface area contributed by atoms with Crippen molar-refractivity contribution in [2.75, 3.05) is 17.7 Å². The van der Waals surface area contributed by atoms with Crippen LogP contribution in [-0.2, 0) is 0 Å². The van der Waals surface area contributed by atoms with Crippen LogP contribution in [-0.4, -0.2) is 17.0 Å². The van der Waals surface area contributed by atoms with Crippen molar-refractivity contribution in [3.63, 3.8) is 0 Å². The highest BCUT2D eigenvalue weighted by Gasteiger charge is 2.15. The summed E-state index contributed by atoms with van der Waals surface area (Å²) >= 11 is 0. The summed E-state index contributed by atoms with van der Waals surface area (Å²) in [6, 6.07) is 9.54. The van der Waals surface area contributed by atoms with Gasteiger partial charge in [-0.3, -0.25) is 0 Å². The van der Waals surface area contributed by atoms with Gasteiger partial charge in [0.15, 0.2) is 0 Å². The summed E-state index contributed by atoms with van der Waals surface area (Å²) in [5.74, 6) is 2.18. The predicted molar refractivity (Wildman–Crippen MR) is 84.5 cm³/mol. The monoisotopic (exact) mass is 281 g/mol. The molecule has 5 nitrogen and oxygen atoms in total. The number of nitriles is 1. The Morgan fingerprint density at radius 1 is 1.29 bits per heavy atom. The Bertz CT molecular complexity index is 700. The third-order valence-corrected chi connectivity index (χ3v) is 3.37. The lowest BCUT2D eigenvalue weighted by molar-refractivity contribution is 0.772. The molecule has 0 aliphatic rings. The fourth-order valence-electron chi connectivity index (χ4n) is 2.03. The average molecular weight is 281 g/mol. The number of nitrogens with two attached hydrogens (primary N) is 1. The molecular formula is C16H19N5. The van der Waals surface area contributed by atoms with Crippen LogP contribution in [0, 0.1) is 18.3 Å². The smallest absolute Gasteiger partial charge is 0.141 e. The van der Waals surface area contributed by atoms with Gasteiger partial charge in [-0.15, -0.1) is 0 Å². The molecule has 1 aromatic heterocycles. The van der Waals surface area contributed by atoms with Crippen molar-refractivity contribution in [1.29, 1.82) is 5.26 Å². The minimum atomic E-state index is 0.200. The van der Waals surface area contributed by atoms with E-state index in [1.807, 2.05) is 50.9 Å². The van der Waals surface area contributed by atoms with Gasteiger partial charge in [-0.25, -0.2) is 9.97 Å². The normalized spacial score (nSPS) is 10.5. The van der Waals surface area contributed by atoms with Crippen molar-refractivity contribution >= 4 is 17.3 Å². The molecule has 5 heteroatoms. The zero-order valence-electron chi connectivity index (χ0n) is 12.8. The van der Waals surface area contributed by atoms with Gasteiger partial charge in [0.2, 0.25) is 0 Å². The second-order valence-electron chi connectivity index (χ2n) is 5.29. The Balaban J connectivity index is 2.52. The van der Waals surface area contributed by atoms with E-state index >= 15 is 0 Å². The first kappa shape index (κ1) is 14.8. The van der Waals surface area contributed by atoms with Crippen LogP contribution in [0.1, 0.15) is 36.7 Å². The summed E-state index contributed by atoms with van der Waals surface area (Å²) in [6.45, 7) is 5.97. The highest BCUT2D eigenvalue weighted by Crippen LogP contribution is 2.29. The number of nitrogens with zero attached hydrogens (tertiary/aromatic N) is 4. The second-order valence-corrected chi connectivity index (χ2v) is 5.29. The summed E-state index contributed by atoms with van der Waals surface area (Å²) in [5.41, 5.74) is 8.35. The molecule has 0 radical (unpaired) electrons. The van der Waals surface area contributed by atoms with Gasteiger partial charge in [-0.05, 0) is 25.1 Å². The maximum Gasteiger partial charge on any atom is 0.141 e. The van der Waals surface area contributed by atoms with E-state index in [2.05, 4.69) is 16.0 Å². The molecule has 0 bridgehead atoms. The molecule has 0 spiro atoms. The topological polar surface area (TPSA) is 78.8 Å². The Morgan fingerprint density at radius 2 is 2.00 bits per heavy atom. The van der Waals surface area contributed by atoms with E-state index in [9.17, 15) is 0 Å². The molecule has 0 aliphatic carbocycles. The first-order valence-electron chi connectivity index (χ1n) is 6.82. The number of hydrogen-bond donors (Lipinski definition) is 1. The van der Waals surface area contributed by atoms with Crippen molar-refractivity contribution in [2.45, 2.75) is 26.7 Å². The molecule has 0 atom stereocenters. The van der Waals surface area contributed by atoms with Gasteiger partial charge in [0.05, 0.1) is 11.6 Å². The SMILES string of the molecule is Cc1c(N)nc(C(C)C)nc1N(C)c1cccc(C#N)c1. The Kier molecular flexibility index (Phi) is 4.08. The van der Waals surface area contributed by atoms with Gasteiger partial charge in [0.1, 0.15) is 17.5 Å². The van der Waals surface area contributed by atoms with Crippen LogP contribution in [0.15, 0.2) is 24.3 Å². The molecule has 0 amide bonds. The Hall–Kier alpha value is -2.61. The maximum absolute atomic E-state index is 9.02. The van der Waals surface area contributed by atoms with Crippen LogP contribution in [0.3, 0.4) is 0 Å². The van der Waals surface area contributed by atoms with Gasteiger partial charge < -0.3 is 10.6 Å². The number of hydrogen-bond acceptors (Lipinski definition) is 5. The molecule has 1 heterocycles. The Labute approximate surface area is 125 Å². The molecular weight excluding hydrogens is 262 g/mol. The van der Waals surface area contributed by atoms with Crippen LogP contribution in [0.25, 0.3) is 0 Å². The number of benzene rings is 1. The molecule has 108 valence electrons. The zero-order chi connectivity index (χ0) is 15.6. The van der Waals surface area contributed by atoms with E-state index in [0.29, 0.717) is 11.4 Å². The van der Waals surface area contributed by atoms with Crippen molar-refractivity contribution in [3.05, 3.63) is 41.2 Å². The van der Waals surface area contributed by atoms with Gasteiger partial charge >= 0.3 is 0 Å². The van der Waals surface area contributed by atoms with Gasteiger partial charge in [-0.1, -0.05) is 19.9 Å². The lowest BCUT2D eigenvalue weighted by atomic mass is 10.1.